The molecular formula is C32H26BrN3O4S. The lowest BCUT2D eigenvalue weighted by molar-refractivity contribution is -0.118. The van der Waals surface area contributed by atoms with Crippen molar-refractivity contribution in [3.8, 4) is 11.5 Å². The first-order valence-electron chi connectivity index (χ1n) is 12.7. The van der Waals surface area contributed by atoms with Crippen molar-refractivity contribution < 1.29 is 19.1 Å². The van der Waals surface area contributed by atoms with Crippen LogP contribution in [0.2, 0.25) is 0 Å². The summed E-state index contributed by atoms with van der Waals surface area (Å²) >= 11 is 4.84. The Kier molecular flexibility index (Phi) is 8.86. The SMILES string of the molecule is COc1cc(/C=C2\SC(=Nc3ccccc3)N(c3ccccc3)C2=O)cc(Br)c1OCC(=O)Nc1cccc(C)c1. The Labute approximate surface area is 251 Å². The van der Waals surface area contributed by atoms with E-state index in [4.69, 9.17) is 14.5 Å². The molecule has 1 N–H and O–H groups in total. The van der Waals surface area contributed by atoms with E-state index in [2.05, 4.69) is 21.2 Å². The van der Waals surface area contributed by atoms with E-state index in [1.165, 1.54) is 18.9 Å². The normalized spacial score (nSPS) is 14.9. The summed E-state index contributed by atoms with van der Waals surface area (Å²) in [6.07, 6.45) is 1.79. The number of carbonyl (C=O) groups is 2. The van der Waals surface area contributed by atoms with Gasteiger partial charge in [-0.05, 0) is 100 Å². The molecule has 0 unspecified atom stereocenters. The van der Waals surface area contributed by atoms with Crippen LogP contribution in [0.5, 0.6) is 11.5 Å². The average Bonchev–Trinajstić information content (AvgIpc) is 3.26. The molecule has 1 heterocycles. The van der Waals surface area contributed by atoms with Gasteiger partial charge in [-0.1, -0.05) is 48.5 Å². The van der Waals surface area contributed by atoms with Crippen LogP contribution < -0.4 is 19.7 Å². The Morgan fingerprint density at radius 2 is 1.73 bits per heavy atom. The fraction of sp³-hybridized carbons (Fsp3) is 0.0938. The van der Waals surface area contributed by atoms with E-state index in [1.807, 2.05) is 97.9 Å². The number of para-hydroxylation sites is 2. The molecule has 1 aliphatic heterocycles. The van der Waals surface area contributed by atoms with Gasteiger partial charge >= 0.3 is 0 Å². The van der Waals surface area contributed by atoms with Crippen molar-refractivity contribution in [2.45, 2.75) is 6.92 Å². The first kappa shape index (κ1) is 28.2. The van der Waals surface area contributed by atoms with E-state index in [0.717, 1.165) is 22.5 Å². The van der Waals surface area contributed by atoms with Crippen molar-refractivity contribution in [3.63, 3.8) is 0 Å². The van der Waals surface area contributed by atoms with Gasteiger partial charge in [0.25, 0.3) is 11.8 Å². The second kappa shape index (κ2) is 12.9. The summed E-state index contributed by atoms with van der Waals surface area (Å²) in [4.78, 5) is 33.0. The van der Waals surface area contributed by atoms with Crippen LogP contribution in [0.3, 0.4) is 0 Å². The Balaban J connectivity index is 1.39. The molecule has 206 valence electrons. The van der Waals surface area contributed by atoms with Gasteiger partial charge in [0, 0.05) is 5.69 Å². The maximum atomic E-state index is 13.6. The zero-order valence-electron chi connectivity index (χ0n) is 22.3. The summed E-state index contributed by atoms with van der Waals surface area (Å²) in [5, 5.41) is 3.39. The van der Waals surface area contributed by atoms with Gasteiger partial charge in [-0.25, -0.2) is 4.99 Å². The number of benzene rings is 4. The monoisotopic (exact) mass is 627 g/mol. The largest absolute Gasteiger partial charge is 0.493 e. The number of amidine groups is 1. The van der Waals surface area contributed by atoms with Gasteiger partial charge in [0.15, 0.2) is 23.3 Å². The van der Waals surface area contributed by atoms with E-state index >= 15 is 0 Å². The minimum Gasteiger partial charge on any atom is -0.493 e. The number of aryl methyl sites for hydroxylation is 1. The molecule has 1 aliphatic rings. The minimum atomic E-state index is -0.296. The molecule has 0 bridgehead atoms. The third kappa shape index (κ3) is 6.87. The molecule has 5 rings (SSSR count). The van der Waals surface area contributed by atoms with Crippen LogP contribution in [-0.2, 0) is 9.59 Å². The second-order valence-electron chi connectivity index (χ2n) is 9.06. The number of hydrogen-bond donors (Lipinski definition) is 1. The highest BCUT2D eigenvalue weighted by molar-refractivity contribution is 9.10. The highest BCUT2D eigenvalue weighted by Gasteiger charge is 2.34. The molecule has 0 saturated carbocycles. The van der Waals surface area contributed by atoms with Crippen molar-refractivity contribution in [1.82, 2.24) is 0 Å². The van der Waals surface area contributed by atoms with Crippen LogP contribution in [0.25, 0.3) is 6.08 Å². The van der Waals surface area contributed by atoms with Crippen molar-refractivity contribution in [3.05, 3.63) is 118 Å². The molecule has 4 aromatic carbocycles. The number of carbonyl (C=O) groups excluding carboxylic acids is 2. The third-order valence-corrected chi connectivity index (χ3v) is 7.56. The summed E-state index contributed by atoms with van der Waals surface area (Å²) < 4.78 is 12.0. The molecular weight excluding hydrogens is 602 g/mol. The third-order valence-electron chi connectivity index (χ3n) is 6.00. The number of halogens is 1. The Morgan fingerprint density at radius 3 is 2.44 bits per heavy atom. The number of nitrogens with one attached hydrogen (secondary N) is 1. The number of anilines is 2. The van der Waals surface area contributed by atoms with E-state index < -0.39 is 0 Å². The molecule has 9 heteroatoms. The minimum absolute atomic E-state index is 0.181. The highest BCUT2D eigenvalue weighted by Crippen LogP contribution is 2.40. The Hall–Kier alpha value is -4.34. The standard InChI is InChI=1S/C32H26BrN3O4S/c1-21-10-9-13-24(16-21)34-29(37)20-40-30-26(33)17-22(18-27(30)39-2)19-28-31(38)36(25-14-7-4-8-15-25)32(41-28)35-23-11-5-3-6-12-23/h3-19H,20H2,1-2H3,(H,34,37)/b28-19-,35-32?. The van der Waals surface area contributed by atoms with E-state index in [-0.39, 0.29) is 18.4 Å². The lowest BCUT2D eigenvalue weighted by atomic mass is 10.1. The van der Waals surface area contributed by atoms with Gasteiger partial charge in [-0.2, -0.15) is 0 Å². The van der Waals surface area contributed by atoms with Crippen molar-refractivity contribution in [2.24, 2.45) is 4.99 Å². The zero-order valence-corrected chi connectivity index (χ0v) is 24.7. The predicted octanol–water partition coefficient (Wildman–Crippen LogP) is 7.59. The lowest BCUT2D eigenvalue weighted by Gasteiger charge is -2.15. The first-order chi connectivity index (χ1) is 19.9. The van der Waals surface area contributed by atoms with Gasteiger partial charge in [-0.3, -0.25) is 14.5 Å². The van der Waals surface area contributed by atoms with Crippen LogP contribution in [-0.4, -0.2) is 30.7 Å². The topological polar surface area (TPSA) is 80.2 Å². The maximum Gasteiger partial charge on any atom is 0.271 e. The van der Waals surface area contributed by atoms with Gasteiger partial charge in [0.05, 0.1) is 27.9 Å². The molecule has 0 radical (unpaired) electrons. The summed E-state index contributed by atoms with van der Waals surface area (Å²) in [6.45, 7) is 1.75. The number of nitrogens with zero attached hydrogens (tertiary/aromatic N) is 2. The molecule has 0 spiro atoms. The fourth-order valence-corrected chi connectivity index (χ4v) is 5.71. The van der Waals surface area contributed by atoms with E-state index in [0.29, 0.717) is 31.7 Å². The van der Waals surface area contributed by atoms with Crippen molar-refractivity contribution in [2.75, 3.05) is 23.9 Å². The Bertz CT molecular complexity index is 1640. The van der Waals surface area contributed by atoms with Gasteiger partial charge in [-0.15, -0.1) is 0 Å². The first-order valence-corrected chi connectivity index (χ1v) is 14.3. The summed E-state index contributed by atoms with van der Waals surface area (Å²) in [6, 6.07) is 30.1. The molecule has 41 heavy (non-hydrogen) atoms. The smallest absolute Gasteiger partial charge is 0.271 e. The molecule has 0 aliphatic carbocycles. The number of ether oxygens (including phenoxy) is 2. The highest BCUT2D eigenvalue weighted by atomic mass is 79.9. The van der Waals surface area contributed by atoms with Gasteiger partial charge in [0.1, 0.15) is 0 Å². The number of rotatable bonds is 8. The number of aliphatic imine (C=N–C) groups is 1. The molecule has 0 atom stereocenters. The quantitative estimate of drug-likeness (QED) is 0.204. The average molecular weight is 629 g/mol. The van der Waals surface area contributed by atoms with E-state index in [1.54, 1.807) is 17.0 Å². The van der Waals surface area contributed by atoms with E-state index in [9.17, 15) is 9.59 Å². The van der Waals surface area contributed by atoms with Crippen LogP contribution >= 0.6 is 27.7 Å². The molecule has 1 saturated heterocycles. The predicted molar refractivity (Wildman–Crippen MR) is 169 cm³/mol. The van der Waals surface area contributed by atoms with Crippen LogP contribution in [0.15, 0.2) is 111 Å². The van der Waals surface area contributed by atoms with Crippen LogP contribution in [0.4, 0.5) is 17.1 Å². The lowest BCUT2D eigenvalue weighted by Crippen LogP contribution is -2.28. The summed E-state index contributed by atoms with van der Waals surface area (Å²) in [7, 11) is 1.52. The van der Waals surface area contributed by atoms with Crippen LogP contribution in [0.1, 0.15) is 11.1 Å². The number of hydrogen-bond acceptors (Lipinski definition) is 6. The fourth-order valence-electron chi connectivity index (χ4n) is 4.14. The molecule has 2 amide bonds. The van der Waals surface area contributed by atoms with Crippen LogP contribution in [0, 0.1) is 6.92 Å². The number of methoxy groups -OCH3 is 1. The second-order valence-corrected chi connectivity index (χ2v) is 10.9. The summed E-state index contributed by atoms with van der Waals surface area (Å²) in [5.41, 5.74) is 3.94. The molecule has 1 fully saturated rings. The Morgan fingerprint density at radius 1 is 1.00 bits per heavy atom. The number of thioether (sulfide) groups is 1. The van der Waals surface area contributed by atoms with Gasteiger partial charge in [0.2, 0.25) is 0 Å². The maximum absolute atomic E-state index is 13.6. The molecule has 0 aromatic heterocycles. The molecule has 4 aromatic rings. The van der Waals surface area contributed by atoms with Crippen molar-refractivity contribution >= 4 is 67.8 Å². The van der Waals surface area contributed by atoms with Crippen molar-refractivity contribution in [1.29, 1.82) is 0 Å². The van der Waals surface area contributed by atoms with Gasteiger partial charge < -0.3 is 14.8 Å². The summed E-state index contributed by atoms with van der Waals surface area (Å²) in [5.74, 6) is 0.328. The molecule has 7 nitrogen and oxygen atoms in total. The number of amides is 2. The zero-order chi connectivity index (χ0) is 28.8.